The number of amides is 1. The maximum atomic E-state index is 13.6. The third kappa shape index (κ3) is 3.35. The van der Waals surface area contributed by atoms with Crippen molar-refractivity contribution in [3.63, 3.8) is 0 Å². The number of carbonyl (C=O) groups excluding carboxylic acids is 1. The normalized spacial score (nSPS) is 23.2. The first-order valence-corrected chi connectivity index (χ1v) is 10.6. The van der Waals surface area contributed by atoms with Crippen LogP contribution in [0.5, 0.6) is 0 Å². The second-order valence-electron chi connectivity index (χ2n) is 8.83. The minimum atomic E-state index is -1.10. The highest BCUT2D eigenvalue weighted by molar-refractivity contribution is 5.95. The Hall–Kier alpha value is -3.76. The lowest BCUT2D eigenvalue weighted by Crippen LogP contribution is -2.44. The monoisotopic (exact) mass is 446 g/mol. The molecule has 0 aliphatic heterocycles. The smallest absolute Gasteiger partial charge is 0.250 e. The van der Waals surface area contributed by atoms with Crippen LogP contribution in [0.3, 0.4) is 0 Å². The van der Waals surface area contributed by atoms with Crippen molar-refractivity contribution in [2.24, 2.45) is 11.1 Å². The molecule has 5 nitrogen and oxygen atoms in total. The van der Waals surface area contributed by atoms with E-state index in [0.717, 1.165) is 28.6 Å². The zero-order valence-corrected chi connectivity index (χ0v) is 18.0. The molecule has 2 aromatic carbocycles. The highest BCUT2D eigenvalue weighted by atomic mass is 19.1. The molecule has 3 aromatic rings. The van der Waals surface area contributed by atoms with Crippen molar-refractivity contribution in [2.45, 2.75) is 31.8 Å². The maximum Gasteiger partial charge on any atom is 0.250 e. The lowest BCUT2D eigenvalue weighted by molar-refractivity contribution is 0.0153. The minimum Gasteiger partial charge on any atom is -0.431 e. The number of nitrogens with zero attached hydrogens (tertiary/aromatic N) is 2. The van der Waals surface area contributed by atoms with Crippen molar-refractivity contribution in [1.82, 2.24) is 9.78 Å². The van der Waals surface area contributed by atoms with Crippen LogP contribution in [-0.4, -0.2) is 26.4 Å². The summed E-state index contributed by atoms with van der Waals surface area (Å²) in [6.45, 7) is 2.03. The fourth-order valence-electron chi connectivity index (χ4n) is 4.86. The number of primary amides is 1. The van der Waals surface area contributed by atoms with Gasteiger partial charge < -0.3 is 10.8 Å². The molecule has 0 radical (unpaired) electrons. The van der Waals surface area contributed by atoms with Gasteiger partial charge in [-0.3, -0.25) is 4.79 Å². The van der Waals surface area contributed by atoms with Crippen LogP contribution < -0.4 is 5.73 Å². The number of hydrogen-bond acceptors (Lipinski definition) is 2. The van der Waals surface area contributed by atoms with Crippen LogP contribution in [-0.2, 0) is 6.42 Å². The van der Waals surface area contributed by atoms with Gasteiger partial charge in [-0.25, -0.2) is 13.5 Å². The number of halogens is 2. The largest absolute Gasteiger partial charge is 0.431 e. The van der Waals surface area contributed by atoms with Gasteiger partial charge in [0, 0.05) is 12.0 Å². The van der Waals surface area contributed by atoms with Crippen LogP contribution in [0.4, 0.5) is 8.78 Å². The molecule has 5 rings (SSSR count). The summed E-state index contributed by atoms with van der Waals surface area (Å²) in [6, 6.07) is 9.89. The van der Waals surface area contributed by atoms with Gasteiger partial charge in [0.1, 0.15) is 11.6 Å². The van der Waals surface area contributed by atoms with Gasteiger partial charge in [0.15, 0.2) is 0 Å². The molecule has 0 bridgehead atoms. The Bertz CT molecular complexity index is 1380. The van der Waals surface area contributed by atoms with Crippen molar-refractivity contribution in [3.05, 3.63) is 88.3 Å². The van der Waals surface area contributed by atoms with Crippen molar-refractivity contribution >= 4 is 12.0 Å². The topological polar surface area (TPSA) is 83.8 Å². The van der Waals surface area contributed by atoms with Gasteiger partial charge in [-0.1, -0.05) is 11.5 Å². The average Bonchev–Trinajstić information content (AvgIpc) is 3.29. The molecule has 2 atom stereocenters. The van der Waals surface area contributed by atoms with Gasteiger partial charge >= 0.3 is 0 Å². The highest BCUT2D eigenvalue weighted by Gasteiger charge is 2.59. The quantitative estimate of drug-likeness (QED) is 0.483. The summed E-state index contributed by atoms with van der Waals surface area (Å²) in [7, 11) is 0. The number of rotatable bonds is 2. The summed E-state index contributed by atoms with van der Waals surface area (Å²) in [6.07, 6.45) is 5.67. The Morgan fingerprint density at radius 3 is 2.64 bits per heavy atom. The van der Waals surface area contributed by atoms with E-state index in [0.29, 0.717) is 24.8 Å². The van der Waals surface area contributed by atoms with Crippen LogP contribution in [0.15, 0.2) is 54.2 Å². The molecule has 1 heterocycles. The second-order valence-corrected chi connectivity index (χ2v) is 8.83. The summed E-state index contributed by atoms with van der Waals surface area (Å²) in [5.74, 6) is 4.39. The van der Waals surface area contributed by atoms with E-state index in [9.17, 15) is 18.7 Å². The van der Waals surface area contributed by atoms with Gasteiger partial charge in [0.2, 0.25) is 11.5 Å². The van der Waals surface area contributed by atoms with E-state index in [4.69, 9.17) is 5.73 Å². The van der Waals surface area contributed by atoms with Crippen molar-refractivity contribution in [2.75, 3.05) is 0 Å². The van der Waals surface area contributed by atoms with Gasteiger partial charge in [-0.2, -0.15) is 5.10 Å². The predicted molar refractivity (Wildman–Crippen MR) is 121 cm³/mol. The van der Waals surface area contributed by atoms with Gasteiger partial charge in [0.05, 0.1) is 28.6 Å². The van der Waals surface area contributed by atoms with Gasteiger partial charge in [-0.05, 0) is 79.8 Å². The summed E-state index contributed by atoms with van der Waals surface area (Å²) in [4.78, 5) is 11.7. The molecule has 4 N–H and O–H groups in total. The van der Waals surface area contributed by atoms with Crippen molar-refractivity contribution in [1.29, 1.82) is 0 Å². The average molecular weight is 446 g/mol. The first-order chi connectivity index (χ1) is 15.7. The van der Waals surface area contributed by atoms with Crippen LogP contribution in [0.2, 0.25) is 0 Å². The van der Waals surface area contributed by atoms with Crippen LogP contribution in [0.25, 0.3) is 11.8 Å². The number of aromatic nitrogens is 2. The number of carbonyl (C=O) groups is 1. The molecule has 0 saturated heterocycles. The standard InChI is InChI=1S/C26H21F2N3O2/c1-25-14-17-15-30-31(21-6-4-19(27)5-7-21)23(17)12-18(25)9-11-26(25,33)10-8-16-2-3-20(28)13-22(16)24(29)32/h2-7,12-13,15,33H,9,11,14H2,1H3,(H2,29,32)/p+1/t25-,26-/m0/s1. The summed E-state index contributed by atoms with van der Waals surface area (Å²) < 4.78 is 28.7. The summed E-state index contributed by atoms with van der Waals surface area (Å²) >= 11 is 0. The molecule has 1 amide bonds. The third-order valence-corrected chi connectivity index (χ3v) is 6.89. The fourth-order valence-corrected chi connectivity index (χ4v) is 4.86. The molecular formula is C26H22F2N3O2+. The molecule has 1 fully saturated rings. The maximum absolute atomic E-state index is 13.6. The Balaban J connectivity index is 1.52. The number of hydrogen-bond donors (Lipinski definition) is 1. The Kier molecular flexibility index (Phi) is 4.73. The predicted octanol–water partition coefficient (Wildman–Crippen LogP) is 3.50. The lowest BCUT2D eigenvalue weighted by Gasteiger charge is -2.35. The molecule has 1 aromatic heterocycles. The van der Waals surface area contributed by atoms with E-state index in [1.165, 1.54) is 24.3 Å². The Morgan fingerprint density at radius 2 is 1.91 bits per heavy atom. The highest BCUT2D eigenvalue weighted by Crippen LogP contribution is 2.55. The van der Waals surface area contributed by atoms with Crippen LogP contribution in [0.1, 0.15) is 46.9 Å². The lowest BCUT2D eigenvalue weighted by atomic mass is 9.67. The van der Waals surface area contributed by atoms with Crippen molar-refractivity contribution < 1.29 is 18.7 Å². The molecule has 2 aliphatic rings. The zero-order valence-electron chi connectivity index (χ0n) is 18.0. The van der Waals surface area contributed by atoms with E-state index in [1.807, 2.05) is 6.92 Å². The molecule has 7 heteroatoms. The molecule has 33 heavy (non-hydrogen) atoms. The van der Waals surface area contributed by atoms with E-state index >= 15 is 0 Å². The molecular weight excluding hydrogens is 424 g/mol. The Labute approximate surface area is 189 Å². The Morgan fingerprint density at radius 1 is 1.18 bits per heavy atom. The fraction of sp³-hybridized carbons (Fsp3) is 0.231. The minimum absolute atomic E-state index is 0.0107. The van der Waals surface area contributed by atoms with Gasteiger partial charge in [0.25, 0.3) is 0 Å². The molecule has 2 aliphatic carbocycles. The van der Waals surface area contributed by atoms with E-state index in [-0.39, 0.29) is 11.4 Å². The number of nitrogens with two attached hydrogens (primary N) is 1. The van der Waals surface area contributed by atoms with E-state index in [1.54, 1.807) is 23.0 Å². The first-order valence-electron chi connectivity index (χ1n) is 10.6. The van der Waals surface area contributed by atoms with Crippen LogP contribution >= 0.6 is 0 Å². The molecule has 166 valence electrons. The van der Waals surface area contributed by atoms with Crippen LogP contribution in [0, 0.1) is 28.9 Å². The number of benzene rings is 2. The summed E-state index contributed by atoms with van der Waals surface area (Å²) in [5.41, 5.74) is 7.87. The molecule has 0 spiro atoms. The van der Waals surface area contributed by atoms with E-state index in [2.05, 4.69) is 23.0 Å². The first kappa shape index (κ1) is 21.1. The number of fused-ring (bicyclic) bond motifs is 2. The van der Waals surface area contributed by atoms with Crippen molar-refractivity contribution in [3.8, 4) is 17.5 Å². The third-order valence-electron chi connectivity index (χ3n) is 6.89. The molecule has 0 unspecified atom stereocenters. The van der Waals surface area contributed by atoms with Gasteiger partial charge in [-0.15, -0.1) is 0 Å². The van der Waals surface area contributed by atoms with E-state index < -0.39 is 22.7 Å². The zero-order chi connectivity index (χ0) is 23.4. The SMILES string of the molecule is C[C@]12Cc3cnn(-c4ccc(F)cc4)c3C=C1CC[C@@]2([OH2+])C#Cc1ccc(F)cc1C(N)=O. The molecule has 1 saturated carbocycles. The second kappa shape index (κ2) is 7.39. The summed E-state index contributed by atoms with van der Waals surface area (Å²) in [5, 5.41) is 13.7.